The number of hydrogen-bond acceptors (Lipinski definition) is 1. The highest BCUT2D eigenvalue weighted by Crippen LogP contribution is 2.08. The van der Waals surface area contributed by atoms with Gasteiger partial charge in [-0.3, -0.25) is 0 Å². The van der Waals surface area contributed by atoms with Crippen LogP contribution in [-0.4, -0.2) is 6.02 Å². The van der Waals surface area contributed by atoms with Crippen molar-refractivity contribution < 1.29 is 1.37 Å². The summed E-state index contributed by atoms with van der Waals surface area (Å²) in [5.74, 6) is 0. The van der Waals surface area contributed by atoms with Crippen LogP contribution in [0, 0.1) is 0 Å². The van der Waals surface area contributed by atoms with E-state index in [0.29, 0.717) is 0 Å². The van der Waals surface area contributed by atoms with Gasteiger partial charge >= 0.3 is 0 Å². The molecule has 0 fully saturated rings. The molecule has 17 heavy (non-hydrogen) atoms. The number of rotatable bonds is 4. The Morgan fingerprint density at radius 3 is 2.24 bits per heavy atom. The van der Waals surface area contributed by atoms with Crippen LogP contribution in [0.2, 0.25) is 0 Å². The first-order valence-electron chi connectivity index (χ1n) is 6.23. The normalized spacial score (nSPS) is 15.2. The van der Waals surface area contributed by atoms with E-state index < -0.39 is 6.02 Å². The quantitative estimate of drug-likeness (QED) is 0.820. The lowest BCUT2D eigenvalue weighted by Crippen LogP contribution is -2.11. The number of nitrogens with one attached hydrogen (secondary N) is 1. The summed E-state index contributed by atoms with van der Waals surface area (Å²) < 4.78 is 8.21. The third-order valence-corrected chi connectivity index (χ3v) is 2.44. The SMILES string of the molecule is [2H]C(C)(/C=C/c1ccccc1)Nc1ccccc1. The minimum absolute atomic E-state index is 0.822. The van der Waals surface area contributed by atoms with Gasteiger partial charge in [0.25, 0.3) is 0 Å². The first-order valence-corrected chi connectivity index (χ1v) is 5.73. The zero-order valence-electron chi connectivity index (χ0n) is 10.9. The molecule has 2 aromatic rings. The Balaban J connectivity index is 2.06. The zero-order chi connectivity index (χ0) is 12.8. The Kier molecular flexibility index (Phi) is 3.52. The van der Waals surface area contributed by atoms with Gasteiger partial charge in [-0.1, -0.05) is 60.7 Å². The summed E-state index contributed by atoms with van der Waals surface area (Å²) in [6, 6.07) is 19.0. The molecule has 1 N–H and O–H groups in total. The Labute approximate surface area is 104 Å². The lowest BCUT2D eigenvalue weighted by atomic mass is 10.2. The summed E-state index contributed by atoms with van der Waals surface area (Å²) in [7, 11) is 0. The third-order valence-electron chi connectivity index (χ3n) is 2.44. The summed E-state index contributed by atoms with van der Waals surface area (Å²) in [6.45, 7) is 1.83. The van der Waals surface area contributed by atoms with E-state index in [9.17, 15) is 0 Å². The van der Waals surface area contributed by atoms with E-state index in [2.05, 4.69) is 5.32 Å². The van der Waals surface area contributed by atoms with Crippen molar-refractivity contribution in [2.45, 2.75) is 12.9 Å². The molecule has 0 saturated heterocycles. The lowest BCUT2D eigenvalue weighted by Gasteiger charge is -2.10. The number of hydrogen-bond donors (Lipinski definition) is 1. The van der Waals surface area contributed by atoms with Crippen LogP contribution in [0.3, 0.4) is 0 Å². The van der Waals surface area contributed by atoms with Crippen LogP contribution < -0.4 is 5.32 Å². The molecule has 0 heterocycles. The standard InChI is InChI=1S/C16H17N/c1-14(17-16-10-6-3-7-11-16)12-13-15-8-4-2-5-9-15/h2-14,17H,1H3/b13-12+/i14D. The average molecular weight is 224 g/mol. The molecular formula is C16H17N. The molecule has 2 rings (SSSR count). The molecule has 0 amide bonds. The highest BCUT2D eigenvalue weighted by molar-refractivity contribution is 5.52. The molecule has 1 atom stereocenters. The maximum Gasteiger partial charge on any atom is 0.0570 e. The maximum atomic E-state index is 8.21. The van der Waals surface area contributed by atoms with Crippen molar-refractivity contribution in [3.63, 3.8) is 0 Å². The first kappa shape index (κ1) is 10.2. The number of anilines is 1. The number of para-hydroxylation sites is 1. The predicted molar refractivity (Wildman–Crippen MR) is 75.0 cm³/mol. The zero-order valence-corrected chi connectivity index (χ0v) is 9.93. The molecule has 0 bridgehead atoms. The van der Waals surface area contributed by atoms with Gasteiger partial charge in [0.05, 0.1) is 1.37 Å². The molecule has 2 aromatic carbocycles. The molecule has 86 valence electrons. The summed E-state index contributed by atoms with van der Waals surface area (Å²) >= 11 is 0. The smallest absolute Gasteiger partial charge is 0.0570 e. The predicted octanol–water partition coefficient (Wildman–Crippen LogP) is 4.20. The molecular weight excluding hydrogens is 206 g/mol. The average Bonchev–Trinajstić information content (AvgIpc) is 2.38. The van der Waals surface area contributed by atoms with E-state index in [1.807, 2.05) is 79.7 Å². The van der Waals surface area contributed by atoms with Crippen molar-refractivity contribution in [1.82, 2.24) is 0 Å². The fourth-order valence-corrected chi connectivity index (χ4v) is 1.58. The first-order chi connectivity index (χ1) is 8.66. The van der Waals surface area contributed by atoms with Crippen molar-refractivity contribution in [1.29, 1.82) is 0 Å². The molecule has 0 aliphatic carbocycles. The summed E-state index contributed by atoms with van der Waals surface area (Å²) in [5.41, 5.74) is 2.05. The molecule has 0 saturated carbocycles. The van der Waals surface area contributed by atoms with E-state index in [4.69, 9.17) is 1.37 Å². The van der Waals surface area contributed by atoms with E-state index in [1.165, 1.54) is 0 Å². The van der Waals surface area contributed by atoms with Gasteiger partial charge in [0.1, 0.15) is 0 Å². The summed E-state index contributed by atoms with van der Waals surface area (Å²) in [6.07, 6.45) is 3.82. The molecule has 1 unspecified atom stereocenters. The Morgan fingerprint density at radius 2 is 1.59 bits per heavy atom. The van der Waals surface area contributed by atoms with Gasteiger partial charge in [-0.05, 0) is 24.6 Å². The van der Waals surface area contributed by atoms with Crippen molar-refractivity contribution in [3.8, 4) is 0 Å². The Bertz CT molecular complexity index is 503. The molecule has 0 radical (unpaired) electrons. The second kappa shape index (κ2) is 5.90. The third kappa shape index (κ3) is 3.80. The van der Waals surface area contributed by atoms with Crippen molar-refractivity contribution in [3.05, 3.63) is 72.3 Å². The van der Waals surface area contributed by atoms with Crippen LogP contribution in [0.1, 0.15) is 13.9 Å². The van der Waals surface area contributed by atoms with E-state index >= 15 is 0 Å². The molecule has 1 nitrogen and oxygen atoms in total. The minimum atomic E-state index is -0.822. The monoisotopic (exact) mass is 224 g/mol. The minimum Gasteiger partial charge on any atom is -0.379 e. The number of benzene rings is 2. The van der Waals surface area contributed by atoms with Gasteiger partial charge < -0.3 is 5.32 Å². The van der Waals surface area contributed by atoms with Gasteiger partial charge in [-0.25, -0.2) is 0 Å². The second-order valence-electron chi connectivity index (χ2n) is 3.92. The largest absolute Gasteiger partial charge is 0.379 e. The topological polar surface area (TPSA) is 12.0 Å². The van der Waals surface area contributed by atoms with Crippen molar-refractivity contribution in [2.75, 3.05) is 5.32 Å². The summed E-state index contributed by atoms with van der Waals surface area (Å²) in [4.78, 5) is 0. The molecule has 0 spiro atoms. The van der Waals surface area contributed by atoms with Gasteiger partial charge in [0.2, 0.25) is 0 Å². The van der Waals surface area contributed by atoms with Gasteiger partial charge in [-0.15, -0.1) is 0 Å². The van der Waals surface area contributed by atoms with Gasteiger partial charge in [-0.2, -0.15) is 0 Å². The highest BCUT2D eigenvalue weighted by atomic mass is 14.9. The van der Waals surface area contributed by atoms with Crippen molar-refractivity contribution >= 4 is 11.8 Å². The van der Waals surface area contributed by atoms with Gasteiger partial charge in [0.15, 0.2) is 0 Å². The van der Waals surface area contributed by atoms with Crippen LogP contribution in [0.25, 0.3) is 6.08 Å². The van der Waals surface area contributed by atoms with Crippen LogP contribution in [0.4, 0.5) is 5.69 Å². The Morgan fingerprint density at radius 1 is 1.00 bits per heavy atom. The molecule has 1 heteroatoms. The molecule has 0 aliphatic heterocycles. The van der Waals surface area contributed by atoms with Gasteiger partial charge in [0, 0.05) is 11.7 Å². The van der Waals surface area contributed by atoms with Crippen molar-refractivity contribution in [2.24, 2.45) is 0 Å². The van der Waals surface area contributed by atoms with Crippen LogP contribution in [0.15, 0.2) is 66.7 Å². The second-order valence-corrected chi connectivity index (χ2v) is 3.92. The lowest BCUT2D eigenvalue weighted by molar-refractivity contribution is 1.00. The van der Waals surface area contributed by atoms with E-state index in [0.717, 1.165) is 11.3 Å². The molecule has 0 aromatic heterocycles. The van der Waals surface area contributed by atoms with E-state index in [-0.39, 0.29) is 0 Å². The maximum absolute atomic E-state index is 8.21. The molecule has 0 aliphatic rings. The summed E-state index contributed by atoms with van der Waals surface area (Å²) in [5, 5.41) is 3.17. The van der Waals surface area contributed by atoms with E-state index in [1.54, 1.807) is 0 Å². The highest BCUT2D eigenvalue weighted by Gasteiger charge is 1.95. The fraction of sp³-hybridized carbons (Fsp3) is 0.125. The Hall–Kier alpha value is -2.02. The van der Waals surface area contributed by atoms with Crippen LogP contribution in [-0.2, 0) is 0 Å². The van der Waals surface area contributed by atoms with Crippen LogP contribution >= 0.6 is 0 Å². The van der Waals surface area contributed by atoms with Crippen LogP contribution in [0.5, 0.6) is 0 Å². The fourth-order valence-electron chi connectivity index (χ4n) is 1.58.